The van der Waals surface area contributed by atoms with Crippen LogP contribution in [-0.2, 0) is 14.4 Å². The van der Waals surface area contributed by atoms with Gasteiger partial charge < -0.3 is 14.7 Å². The molecule has 0 N–H and O–H groups in total. The van der Waals surface area contributed by atoms with Gasteiger partial charge in [-0.1, -0.05) is 0 Å². The van der Waals surface area contributed by atoms with Crippen molar-refractivity contribution in [1.29, 1.82) is 0 Å². The first-order chi connectivity index (χ1) is 14.4. The van der Waals surface area contributed by atoms with E-state index in [0.29, 0.717) is 25.9 Å². The van der Waals surface area contributed by atoms with Gasteiger partial charge in [0.1, 0.15) is 11.6 Å². The first-order valence-corrected chi connectivity index (χ1v) is 10.8. The molecule has 0 aliphatic carbocycles. The Morgan fingerprint density at radius 1 is 0.867 bits per heavy atom. The Kier molecular flexibility index (Phi) is 6.01. The van der Waals surface area contributed by atoms with Crippen LogP contribution in [0.4, 0.5) is 14.5 Å². The van der Waals surface area contributed by atoms with Crippen molar-refractivity contribution in [2.75, 3.05) is 37.6 Å². The second-order valence-electron chi connectivity index (χ2n) is 8.49. The lowest BCUT2D eigenvalue weighted by atomic mass is 9.93. The van der Waals surface area contributed by atoms with Gasteiger partial charge in [-0.05, 0) is 44.2 Å². The molecule has 1 atom stereocenters. The summed E-state index contributed by atoms with van der Waals surface area (Å²) in [4.78, 5) is 42.9. The van der Waals surface area contributed by atoms with Gasteiger partial charge in [0, 0.05) is 51.1 Å². The van der Waals surface area contributed by atoms with Crippen molar-refractivity contribution in [3.63, 3.8) is 0 Å². The number of anilines is 1. The Morgan fingerprint density at radius 3 is 2.17 bits per heavy atom. The molecule has 0 bridgehead atoms. The highest BCUT2D eigenvalue weighted by molar-refractivity contribution is 6.00. The fourth-order valence-electron chi connectivity index (χ4n) is 4.78. The number of halogens is 2. The molecule has 3 aliphatic heterocycles. The highest BCUT2D eigenvalue weighted by Crippen LogP contribution is 2.30. The van der Waals surface area contributed by atoms with E-state index in [1.807, 2.05) is 4.90 Å². The topological polar surface area (TPSA) is 60.9 Å². The van der Waals surface area contributed by atoms with E-state index in [1.54, 1.807) is 4.90 Å². The quantitative estimate of drug-likeness (QED) is 0.757. The lowest BCUT2D eigenvalue weighted by Gasteiger charge is -2.36. The molecule has 0 spiro atoms. The summed E-state index contributed by atoms with van der Waals surface area (Å²) in [6, 6.07) is 3.07. The van der Waals surface area contributed by atoms with Crippen LogP contribution in [0.5, 0.6) is 0 Å². The molecule has 6 nitrogen and oxygen atoms in total. The van der Waals surface area contributed by atoms with E-state index < -0.39 is 17.6 Å². The van der Waals surface area contributed by atoms with E-state index in [-0.39, 0.29) is 42.3 Å². The van der Waals surface area contributed by atoms with Crippen LogP contribution in [-0.4, -0.2) is 60.2 Å². The van der Waals surface area contributed by atoms with Crippen LogP contribution < -0.4 is 4.90 Å². The lowest BCUT2D eigenvalue weighted by Crippen LogP contribution is -2.47. The van der Waals surface area contributed by atoms with E-state index in [1.165, 1.54) is 17.4 Å². The number of benzene rings is 1. The minimum atomic E-state index is -0.812. The lowest BCUT2D eigenvalue weighted by molar-refractivity contribution is -0.143. The van der Waals surface area contributed by atoms with Gasteiger partial charge in [-0.3, -0.25) is 14.4 Å². The molecule has 162 valence electrons. The smallest absolute Gasteiger partial charge is 0.228 e. The summed E-state index contributed by atoms with van der Waals surface area (Å²) < 4.78 is 27.2. The standard InChI is InChI=1S/C22H27F2N3O3/c23-17-4-5-19(18(24)13-17)27-14-16(12-20(27)28)22(30)26-10-6-15(7-11-26)21(29)25-8-2-1-3-9-25/h4-5,13,15-16H,1-3,6-12,14H2. The Labute approximate surface area is 174 Å². The second kappa shape index (κ2) is 8.70. The molecule has 3 amide bonds. The Bertz CT molecular complexity index is 833. The summed E-state index contributed by atoms with van der Waals surface area (Å²) in [6.07, 6.45) is 4.59. The van der Waals surface area contributed by atoms with Crippen LogP contribution in [0.2, 0.25) is 0 Å². The Hall–Kier alpha value is -2.51. The molecule has 30 heavy (non-hydrogen) atoms. The van der Waals surface area contributed by atoms with Gasteiger partial charge in [0.25, 0.3) is 0 Å². The van der Waals surface area contributed by atoms with Crippen molar-refractivity contribution in [2.24, 2.45) is 11.8 Å². The third-order valence-electron chi connectivity index (χ3n) is 6.50. The molecule has 8 heteroatoms. The highest BCUT2D eigenvalue weighted by Gasteiger charge is 2.39. The van der Waals surface area contributed by atoms with Crippen molar-refractivity contribution in [1.82, 2.24) is 9.80 Å². The molecule has 3 aliphatic rings. The zero-order chi connectivity index (χ0) is 21.3. The summed E-state index contributed by atoms with van der Waals surface area (Å²) in [5.41, 5.74) is 0.00235. The van der Waals surface area contributed by atoms with E-state index in [9.17, 15) is 23.2 Å². The van der Waals surface area contributed by atoms with Gasteiger partial charge in [0.2, 0.25) is 17.7 Å². The highest BCUT2D eigenvalue weighted by atomic mass is 19.1. The first kappa shape index (κ1) is 20.8. The number of carbonyl (C=O) groups is 3. The normalized spacial score (nSPS) is 23.2. The van der Waals surface area contributed by atoms with E-state index in [0.717, 1.165) is 38.1 Å². The van der Waals surface area contributed by atoms with Crippen LogP contribution in [0, 0.1) is 23.5 Å². The molecular weight excluding hydrogens is 392 g/mol. The third kappa shape index (κ3) is 4.18. The number of carbonyl (C=O) groups excluding carboxylic acids is 3. The van der Waals surface area contributed by atoms with Gasteiger partial charge in [-0.15, -0.1) is 0 Å². The molecule has 0 saturated carbocycles. The van der Waals surface area contributed by atoms with Crippen molar-refractivity contribution >= 4 is 23.4 Å². The van der Waals surface area contributed by atoms with E-state index in [4.69, 9.17) is 0 Å². The third-order valence-corrected chi connectivity index (χ3v) is 6.50. The molecule has 1 unspecified atom stereocenters. The summed E-state index contributed by atoms with van der Waals surface area (Å²) in [5, 5.41) is 0. The number of hydrogen-bond donors (Lipinski definition) is 0. The zero-order valence-corrected chi connectivity index (χ0v) is 17.0. The minimum Gasteiger partial charge on any atom is -0.342 e. The number of amides is 3. The molecule has 3 heterocycles. The monoisotopic (exact) mass is 419 g/mol. The maximum atomic E-state index is 14.1. The summed E-state index contributed by atoms with van der Waals surface area (Å²) in [6.45, 7) is 2.75. The van der Waals surface area contributed by atoms with Gasteiger partial charge >= 0.3 is 0 Å². The minimum absolute atomic E-state index is 0.00235. The van der Waals surface area contributed by atoms with Gasteiger partial charge in [-0.25, -0.2) is 8.78 Å². The van der Waals surface area contributed by atoms with Crippen LogP contribution in [0.25, 0.3) is 0 Å². The largest absolute Gasteiger partial charge is 0.342 e. The second-order valence-corrected chi connectivity index (χ2v) is 8.49. The summed E-state index contributed by atoms with van der Waals surface area (Å²) in [7, 11) is 0. The number of rotatable bonds is 3. The van der Waals surface area contributed by atoms with Crippen LogP contribution in [0.15, 0.2) is 18.2 Å². The van der Waals surface area contributed by atoms with Crippen molar-refractivity contribution < 1.29 is 23.2 Å². The molecule has 1 aromatic carbocycles. The molecule has 3 saturated heterocycles. The molecule has 0 aromatic heterocycles. The van der Waals surface area contributed by atoms with Gasteiger partial charge in [0.05, 0.1) is 11.6 Å². The molecule has 4 rings (SSSR count). The first-order valence-electron chi connectivity index (χ1n) is 10.8. The van der Waals surface area contributed by atoms with Crippen molar-refractivity contribution in [3.05, 3.63) is 29.8 Å². The number of likely N-dealkylation sites (tertiary alicyclic amines) is 2. The fraction of sp³-hybridized carbons (Fsp3) is 0.591. The van der Waals surface area contributed by atoms with E-state index >= 15 is 0 Å². The summed E-state index contributed by atoms with van der Waals surface area (Å²) >= 11 is 0. The van der Waals surface area contributed by atoms with Crippen LogP contribution in [0.3, 0.4) is 0 Å². The van der Waals surface area contributed by atoms with Crippen molar-refractivity contribution in [2.45, 2.75) is 38.5 Å². The Morgan fingerprint density at radius 2 is 1.50 bits per heavy atom. The molecule has 3 fully saturated rings. The molecule has 1 aromatic rings. The maximum Gasteiger partial charge on any atom is 0.228 e. The predicted octanol–water partition coefficient (Wildman–Crippen LogP) is 2.57. The SMILES string of the molecule is O=C(C1CCN(C(=O)C2CC(=O)N(c3ccc(F)cc3F)C2)CC1)N1CCCCC1. The number of hydrogen-bond acceptors (Lipinski definition) is 3. The van der Waals surface area contributed by atoms with Crippen LogP contribution in [0.1, 0.15) is 38.5 Å². The predicted molar refractivity (Wildman–Crippen MR) is 107 cm³/mol. The maximum absolute atomic E-state index is 14.1. The summed E-state index contributed by atoms with van der Waals surface area (Å²) in [5.74, 6) is -2.37. The zero-order valence-electron chi connectivity index (χ0n) is 17.0. The average molecular weight is 419 g/mol. The van der Waals surface area contributed by atoms with Crippen LogP contribution >= 0.6 is 0 Å². The fourth-order valence-corrected chi connectivity index (χ4v) is 4.78. The molecular formula is C22H27F2N3O3. The Balaban J connectivity index is 1.33. The van der Waals surface area contributed by atoms with Crippen molar-refractivity contribution in [3.8, 4) is 0 Å². The van der Waals surface area contributed by atoms with Gasteiger partial charge in [-0.2, -0.15) is 0 Å². The number of nitrogens with zero attached hydrogens (tertiary/aromatic N) is 3. The number of piperidine rings is 2. The molecule has 0 radical (unpaired) electrons. The van der Waals surface area contributed by atoms with E-state index in [2.05, 4.69) is 0 Å². The van der Waals surface area contributed by atoms with Gasteiger partial charge in [0.15, 0.2) is 0 Å². The average Bonchev–Trinajstić information content (AvgIpc) is 3.15.